The normalized spacial score (nSPS) is 14.8. The van der Waals surface area contributed by atoms with Crippen molar-refractivity contribution in [2.24, 2.45) is 0 Å². The van der Waals surface area contributed by atoms with E-state index >= 15 is 0 Å². The number of carbonyl (C=O) groups excluding carboxylic acids is 2. The van der Waals surface area contributed by atoms with Crippen LogP contribution in [-0.2, 0) is 72.2 Å². The number of nitrogens with zero attached hydrogens (tertiary/aromatic N) is 6. The molecule has 12 rings (SSSR count). The number of thiophene rings is 3. The van der Waals surface area contributed by atoms with Crippen LogP contribution < -0.4 is 14.2 Å². The van der Waals surface area contributed by atoms with Crippen LogP contribution in [0.3, 0.4) is 0 Å². The Balaban J connectivity index is 0.000000162. The van der Waals surface area contributed by atoms with E-state index in [4.69, 9.17) is 28.4 Å². The van der Waals surface area contributed by atoms with E-state index in [9.17, 15) is 64.1 Å². The lowest BCUT2D eigenvalue weighted by Crippen LogP contribution is -2.31. The number of aliphatic hydroxyl groups excluding tert-OH is 1. The first-order valence-corrected chi connectivity index (χ1v) is 34.2. The second kappa shape index (κ2) is 30.3. The zero-order valence-electron chi connectivity index (χ0n) is 55.4. The molecule has 534 valence electrons. The summed E-state index contributed by atoms with van der Waals surface area (Å²) in [5, 5.41) is 38.9. The van der Waals surface area contributed by atoms with Crippen molar-refractivity contribution in [2.75, 3.05) is 34.0 Å². The Labute approximate surface area is 580 Å². The van der Waals surface area contributed by atoms with E-state index in [0.29, 0.717) is 78.4 Å². The lowest BCUT2D eigenvalue weighted by Gasteiger charge is -2.27. The summed E-state index contributed by atoms with van der Waals surface area (Å²) in [5.74, 6) is -1.08. The molecule has 3 aliphatic heterocycles. The molecule has 100 heavy (non-hydrogen) atoms. The molecule has 9 aromatic rings. The van der Waals surface area contributed by atoms with Crippen LogP contribution in [0.4, 0.5) is 39.5 Å². The summed E-state index contributed by atoms with van der Waals surface area (Å²) in [7, 11) is 2.24. The van der Waals surface area contributed by atoms with Crippen LogP contribution in [0.1, 0.15) is 113 Å². The Hall–Kier alpha value is -8.55. The second-order valence-corrected chi connectivity index (χ2v) is 28.3. The maximum absolute atomic E-state index is 13.7. The predicted octanol–water partition coefficient (Wildman–Crippen LogP) is 16.7. The van der Waals surface area contributed by atoms with Crippen LogP contribution in [0.5, 0.6) is 17.2 Å². The van der Waals surface area contributed by atoms with Crippen molar-refractivity contribution in [1.82, 2.24) is 29.3 Å². The molecule has 0 aliphatic carbocycles. The van der Waals surface area contributed by atoms with Gasteiger partial charge in [-0.25, -0.2) is 14.4 Å². The van der Waals surface area contributed by atoms with Gasteiger partial charge in [-0.1, -0.05) is 36.4 Å². The topological polar surface area (TPSA) is 210 Å². The van der Waals surface area contributed by atoms with Gasteiger partial charge in [0.25, 0.3) is 0 Å². The Kier molecular flexibility index (Phi) is 22.5. The third kappa shape index (κ3) is 17.9. The molecule has 0 fully saturated rings. The third-order valence-electron chi connectivity index (χ3n) is 15.6. The highest BCUT2D eigenvalue weighted by molar-refractivity contribution is 7.14. The van der Waals surface area contributed by atoms with E-state index in [1.165, 1.54) is 41.1 Å². The number of aryl methyl sites for hydroxylation is 3. The molecule has 18 nitrogen and oxygen atoms in total. The average molecular weight is 1460 g/mol. The molecule has 0 saturated carbocycles. The van der Waals surface area contributed by atoms with E-state index in [0.717, 1.165) is 83.2 Å². The zero-order valence-corrected chi connectivity index (χ0v) is 57.8. The molecule has 9 heterocycles. The van der Waals surface area contributed by atoms with Crippen molar-refractivity contribution in [3.05, 3.63) is 141 Å². The van der Waals surface area contributed by atoms with Crippen LogP contribution in [0.2, 0.25) is 0 Å². The Morgan fingerprint density at radius 2 is 0.810 bits per heavy atom. The van der Waals surface area contributed by atoms with Crippen LogP contribution in [0.25, 0.3) is 65.1 Å². The van der Waals surface area contributed by atoms with Gasteiger partial charge in [0.2, 0.25) is 0 Å². The lowest BCUT2D eigenvalue weighted by atomic mass is 9.95. The largest absolute Gasteiger partial charge is 0.493 e. The Bertz CT molecular complexity index is 4340. The minimum Gasteiger partial charge on any atom is -0.493 e. The number of hydrogen-bond donors (Lipinski definition) is 2. The van der Waals surface area contributed by atoms with Crippen molar-refractivity contribution in [2.45, 2.75) is 148 Å². The zero-order chi connectivity index (χ0) is 72.2. The average Bonchev–Trinajstić information content (AvgIpc) is 1.61. The number of carboxylic acids is 1. The molecule has 3 aliphatic rings. The quantitative estimate of drug-likeness (QED) is 0.0642. The fraction of sp³-hybridized carbons (Fsp3) is 0.400. The number of aromatic nitrogens is 6. The van der Waals surface area contributed by atoms with Gasteiger partial charge in [-0.3, -0.25) is 14.0 Å². The monoisotopic (exact) mass is 1450 g/mol. The Morgan fingerprint density at radius 3 is 1.11 bits per heavy atom. The highest BCUT2D eigenvalue weighted by Gasteiger charge is 2.43. The SMILES string of the molecule is CC(C)(C)OC(C(=O)O)c1c(-c2ccc3c(c2)CCCO3)c(-c2cccs2)nn1CC(F)(F)F.COC(=O)C(O)c1c(-c2ccc3c(c2)CCCO3)c(-c2cccs2)nn1CC(F)(F)F.COC(=O)C(OC(C)(C)C)c1c(-c2ccc3c(c2)CCCO3)c(-c2cccs2)nn1CC(F)(F)F. The van der Waals surface area contributed by atoms with Crippen LogP contribution in [0, 0.1) is 0 Å². The first-order chi connectivity index (χ1) is 47.2. The standard InChI is InChI=1S/C25H27F3N2O4S.C24H25F3N2O4S.C21H19F3N2O4S/c1-24(2,3)34-22(23(31)32-4)21-19(16-9-10-17-15(13-16)7-5-11-33-17)20(18-8-6-12-35-18)29-30(21)14-25(26,27)28;1-23(2,3)33-21(22(30)31)20-18(15-8-9-16-14(12-15)6-4-10-32-16)19(17-7-5-11-34-17)28-29(20)13-24(25,26)27;1-29-20(28)19(27)18-16(13-6-7-14-12(10-13)4-2-8-30-14)17(15-5-3-9-31-15)25-26(18)11-21(22,23)24/h6,8-10,12-13,22H,5,7,11,14H2,1-4H3;5,7-9,11-12,21H,4,6,10,13H2,1-3H3,(H,30,31);3,5-7,9-10,19,27H,2,4,8,11H2,1H3. The van der Waals surface area contributed by atoms with Crippen LogP contribution in [0.15, 0.2) is 107 Å². The molecule has 0 radical (unpaired) electrons. The van der Waals surface area contributed by atoms with Gasteiger partial charge in [-0.05, 0) is 184 Å². The number of methoxy groups -OCH3 is 2. The molecular weight excluding hydrogens is 1380 g/mol. The fourth-order valence-corrected chi connectivity index (χ4v) is 13.9. The van der Waals surface area contributed by atoms with E-state index < -0.39 is 85.6 Å². The summed E-state index contributed by atoms with van der Waals surface area (Å²) in [6, 6.07) is 26.7. The summed E-state index contributed by atoms with van der Waals surface area (Å²) in [6.45, 7) is 7.69. The van der Waals surface area contributed by atoms with Gasteiger partial charge >= 0.3 is 36.4 Å². The highest BCUT2D eigenvalue weighted by atomic mass is 32.1. The second-order valence-electron chi connectivity index (χ2n) is 25.4. The van der Waals surface area contributed by atoms with Gasteiger partial charge in [0, 0.05) is 16.7 Å². The van der Waals surface area contributed by atoms with Gasteiger partial charge in [0.15, 0.2) is 18.3 Å². The van der Waals surface area contributed by atoms with E-state index in [1.807, 2.05) is 29.6 Å². The molecular formula is C70H71F9N6O12S3. The van der Waals surface area contributed by atoms with Gasteiger partial charge in [0.05, 0.1) is 77.0 Å². The van der Waals surface area contributed by atoms with Gasteiger partial charge in [-0.15, -0.1) is 34.0 Å². The van der Waals surface area contributed by atoms with Gasteiger partial charge in [-0.2, -0.15) is 54.8 Å². The van der Waals surface area contributed by atoms with Gasteiger partial charge < -0.3 is 43.4 Å². The molecule has 0 amide bonds. The van der Waals surface area contributed by atoms with E-state index in [2.05, 4.69) is 20.0 Å². The number of ether oxygens (including phenoxy) is 7. The van der Waals surface area contributed by atoms with E-state index in [1.54, 1.807) is 119 Å². The minimum atomic E-state index is -4.61. The number of carboxylic acid groups (broad SMARTS) is 1. The Morgan fingerprint density at radius 1 is 0.490 bits per heavy atom. The first kappa shape index (κ1) is 74.1. The molecule has 6 aromatic heterocycles. The number of alkyl halides is 9. The maximum atomic E-state index is 13.7. The summed E-state index contributed by atoms with van der Waals surface area (Å²) in [4.78, 5) is 39.3. The molecule has 3 unspecified atom stereocenters. The fourth-order valence-electron chi connectivity index (χ4n) is 11.7. The highest BCUT2D eigenvalue weighted by Crippen LogP contribution is 2.48. The summed E-state index contributed by atoms with van der Waals surface area (Å²) < 4.78 is 162. The summed E-state index contributed by atoms with van der Waals surface area (Å²) >= 11 is 3.97. The number of esters is 2. The molecule has 0 bridgehead atoms. The molecule has 2 N–H and O–H groups in total. The number of benzene rings is 3. The third-order valence-corrected chi connectivity index (χ3v) is 18.2. The van der Waals surface area contributed by atoms with Crippen LogP contribution in [-0.4, -0.2) is 121 Å². The maximum Gasteiger partial charge on any atom is 0.408 e. The van der Waals surface area contributed by atoms with Crippen molar-refractivity contribution in [3.63, 3.8) is 0 Å². The molecule has 0 spiro atoms. The summed E-state index contributed by atoms with van der Waals surface area (Å²) in [6.07, 6.45) is -14.0. The number of fused-ring (bicyclic) bond motifs is 3. The number of rotatable bonds is 17. The molecule has 3 atom stereocenters. The minimum absolute atomic E-state index is 0.00387. The smallest absolute Gasteiger partial charge is 0.408 e. The number of aliphatic hydroxyl groups is 1. The van der Waals surface area contributed by atoms with Gasteiger partial charge in [0.1, 0.15) is 54.0 Å². The molecule has 30 heteroatoms. The number of hydrogen-bond acceptors (Lipinski definition) is 17. The lowest BCUT2D eigenvalue weighted by molar-refractivity contribution is -0.167. The van der Waals surface area contributed by atoms with Crippen molar-refractivity contribution < 1.29 is 97.3 Å². The summed E-state index contributed by atoms with van der Waals surface area (Å²) in [5.41, 5.74) is 4.22. The van der Waals surface area contributed by atoms with Crippen LogP contribution >= 0.6 is 34.0 Å². The molecule has 3 aromatic carbocycles. The number of halogens is 9. The molecule has 0 saturated heterocycles. The predicted molar refractivity (Wildman–Crippen MR) is 356 cm³/mol. The van der Waals surface area contributed by atoms with Crippen molar-refractivity contribution in [1.29, 1.82) is 0 Å². The number of aliphatic carboxylic acids is 1. The van der Waals surface area contributed by atoms with E-state index in [-0.39, 0.29) is 34.0 Å². The first-order valence-electron chi connectivity index (χ1n) is 31.5. The van der Waals surface area contributed by atoms with Crippen molar-refractivity contribution >= 4 is 51.9 Å². The van der Waals surface area contributed by atoms with Crippen molar-refractivity contribution in [3.8, 4) is 82.3 Å². The number of carbonyl (C=O) groups is 3.